The summed E-state index contributed by atoms with van der Waals surface area (Å²) >= 11 is 0. The Morgan fingerprint density at radius 2 is 1.52 bits per heavy atom. The molecule has 0 aromatic carbocycles. The number of nitrogens with two attached hydrogens (primary N) is 1. The number of hydrogen-bond donors (Lipinski definition) is 2. The molecule has 2 aliphatic rings. The van der Waals surface area contributed by atoms with Crippen LogP contribution in [-0.4, -0.2) is 40.9 Å². The van der Waals surface area contributed by atoms with Crippen molar-refractivity contribution in [3.8, 4) is 0 Å². The van der Waals surface area contributed by atoms with Gasteiger partial charge in [0.05, 0.1) is 6.04 Å². The van der Waals surface area contributed by atoms with Crippen LogP contribution in [0.2, 0.25) is 0 Å². The van der Waals surface area contributed by atoms with Crippen LogP contribution in [0.4, 0.5) is 0 Å². The third kappa shape index (κ3) is 4.19. The SMILES string of the molecule is CC(=O)N(C1CCC(NC(=O)C(N)C(C)C)CC1)C1CC1. The summed E-state index contributed by atoms with van der Waals surface area (Å²) in [7, 11) is 0. The van der Waals surface area contributed by atoms with E-state index in [4.69, 9.17) is 5.73 Å². The van der Waals surface area contributed by atoms with Crippen LogP contribution in [-0.2, 0) is 9.59 Å². The number of carbonyl (C=O) groups is 2. The second-order valence-electron chi connectivity index (χ2n) is 6.94. The first-order valence-electron chi connectivity index (χ1n) is 8.25. The number of hydrogen-bond acceptors (Lipinski definition) is 3. The van der Waals surface area contributed by atoms with Crippen molar-refractivity contribution in [1.29, 1.82) is 0 Å². The lowest BCUT2D eigenvalue weighted by molar-refractivity contribution is -0.133. The van der Waals surface area contributed by atoms with E-state index in [1.807, 2.05) is 13.8 Å². The molecular formula is C16H29N3O2. The number of nitrogens with zero attached hydrogens (tertiary/aromatic N) is 1. The summed E-state index contributed by atoms with van der Waals surface area (Å²) in [5, 5.41) is 3.07. The fourth-order valence-electron chi connectivity index (χ4n) is 3.26. The molecule has 0 aliphatic heterocycles. The first kappa shape index (κ1) is 16.3. The lowest BCUT2D eigenvalue weighted by Gasteiger charge is -2.37. The molecule has 0 spiro atoms. The van der Waals surface area contributed by atoms with E-state index in [0.717, 1.165) is 38.5 Å². The van der Waals surface area contributed by atoms with Gasteiger partial charge in [-0.2, -0.15) is 0 Å². The number of nitrogens with one attached hydrogen (secondary N) is 1. The molecule has 120 valence electrons. The molecule has 2 aliphatic carbocycles. The van der Waals surface area contributed by atoms with Crippen LogP contribution in [0.1, 0.15) is 59.3 Å². The van der Waals surface area contributed by atoms with Crippen molar-refractivity contribution in [1.82, 2.24) is 10.2 Å². The monoisotopic (exact) mass is 295 g/mol. The average Bonchev–Trinajstić information content (AvgIpc) is 3.24. The molecule has 3 N–H and O–H groups in total. The number of carbonyl (C=O) groups excluding carboxylic acids is 2. The summed E-state index contributed by atoms with van der Waals surface area (Å²) in [5.74, 6) is 0.315. The molecule has 1 atom stereocenters. The van der Waals surface area contributed by atoms with E-state index in [1.165, 1.54) is 0 Å². The highest BCUT2D eigenvalue weighted by Gasteiger charge is 2.37. The van der Waals surface area contributed by atoms with Crippen molar-refractivity contribution < 1.29 is 9.59 Å². The Morgan fingerprint density at radius 3 is 1.90 bits per heavy atom. The van der Waals surface area contributed by atoms with Crippen molar-refractivity contribution in [2.75, 3.05) is 0 Å². The maximum atomic E-state index is 12.0. The molecule has 0 saturated heterocycles. The van der Waals surface area contributed by atoms with Crippen molar-refractivity contribution in [3.63, 3.8) is 0 Å². The van der Waals surface area contributed by atoms with E-state index in [1.54, 1.807) is 6.92 Å². The first-order chi connectivity index (χ1) is 9.90. The topological polar surface area (TPSA) is 75.4 Å². The highest BCUT2D eigenvalue weighted by molar-refractivity contribution is 5.82. The van der Waals surface area contributed by atoms with Crippen LogP contribution < -0.4 is 11.1 Å². The van der Waals surface area contributed by atoms with Gasteiger partial charge in [-0.05, 0) is 44.4 Å². The Morgan fingerprint density at radius 1 is 1.05 bits per heavy atom. The molecule has 2 rings (SSSR count). The highest BCUT2D eigenvalue weighted by Crippen LogP contribution is 2.33. The van der Waals surface area contributed by atoms with Crippen LogP contribution in [0.5, 0.6) is 0 Å². The average molecular weight is 295 g/mol. The van der Waals surface area contributed by atoms with Gasteiger partial charge in [-0.1, -0.05) is 13.8 Å². The Kier molecular flexibility index (Phi) is 5.25. The number of amides is 2. The van der Waals surface area contributed by atoms with Crippen molar-refractivity contribution in [2.45, 2.75) is 83.5 Å². The molecule has 5 heteroatoms. The fourth-order valence-corrected chi connectivity index (χ4v) is 3.26. The third-order valence-electron chi connectivity index (χ3n) is 4.76. The molecule has 0 aromatic rings. The summed E-state index contributed by atoms with van der Waals surface area (Å²) in [5.41, 5.74) is 5.88. The van der Waals surface area contributed by atoms with E-state index < -0.39 is 6.04 Å². The minimum atomic E-state index is -0.428. The molecular weight excluding hydrogens is 266 g/mol. The van der Waals surface area contributed by atoms with Gasteiger partial charge in [-0.3, -0.25) is 9.59 Å². The summed E-state index contributed by atoms with van der Waals surface area (Å²) in [6.07, 6.45) is 6.16. The Bertz CT molecular complexity index is 385. The van der Waals surface area contributed by atoms with Gasteiger partial charge in [0.1, 0.15) is 0 Å². The van der Waals surface area contributed by atoms with E-state index in [9.17, 15) is 9.59 Å². The summed E-state index contributed by atoms with van der Waals surface area (Å²) in [6, 6.07) is 0.629. The van der Waals surface area contributed by atoms with Crippen LogP contribution in [0.25, 0.3) is 0 Å². The maximum absolute atomic E-state index is 12.0. The van der Waals surface area contributed by atoms with Gasteiger partial charge >= 0.3 is 0 Å². The zero-order valence-corrected chi connectivity index (χ0v) is 13.5. The van der Waals surface area contributed by atoms with E-state index in [-0.39, 0.29) is 23.8 Å². The lowest BCUT2D eigenvalue weighted by Crippen LogP contribution is -2.50. The largest absolute Gasteiger partial charge is 0.352 e. The van der Waals surface area contributed by atoms with Gasteiger partial charge in [-0.15, -0.1) is 0 Å². The van der Waals surface area contributed by atoms with E-state index in [2.05, 4.69) is 10.2 Å². The molecule has 1 unspecified atom stereocenters. The molecule has 0 heterocycles. The Hall–Kier alpha value is -1.10. The second-order valence-corrected chi connectivity index (χ2v) is 6.94. The molecule has 0 aromatic heterocycles. The minimum Gasteiger partial charge on any atom is -0.352 e. The molecule has 21 heavy (non-hydrogen) atoms. The Labute approximate surface area is 127 Å². The van der Waals surface area contributed by atoms with Crippen molar-refractivity contribution in [2.24, 2.45) is 11.7 Å². The first-order valence-corrected chi connectivity index (χ1v) is 8.25. The van der Waals surface area contributed by atoms with Crippen LogP contribution in [0.3, 0.4) is 0 Å². The van der Waals surface area contributed by atoms with E-state index in [0.29, 0.717) is 12.1 Å². The zero-order chi connectivity index (χ0) is 15.6. The molecule has 2 amide bonds. The maximum Gasteiger partial charge on any atom is 0.237 e. The standard InChI is InChI=1S/C16H29N3O2/c1-10(2)15(17)16(21)18-12-4-6-13(7-5-12)19(11(3)20)14-8-9-14/h10,12-15H,4-9,17H2,1-3H3,(H,18,21). The smallest absolute Gasteiger partial charge is 0.237 e. The van der Waals surface area contributed by atoms with E-state index >= 15 is 0 Å². The highest BCUT2D eigenvalue weighted by atomic mass is 16.2. The molecule has 0 radical (unpaired) electrons. The number of rotatable bonds is 5. The lowest BCUT2D eigenvalue weighted by atomic mass is 9.89. The van der Waals surface area contributed by atoms with Gasteiger partial charge in [0.25, 0.3) is 0 Å². The van der Waals surface area contributed by atoms with Gasteiger partial charge in [0, 0.05) is 25.0 Å². The molecule has 5 nitrogen and oxygen atoms in total. The fraction of sp³-hybridized carbons (Fsp3) is 0.875. The second kappa shape index (κ2) is 6.77. The van der Waals surface area contributed by atoms with Gasteiger partial charge in [0.15, 0.2) is 0 Å². The summed E-state index contributed by atoms with van der Waals surface area (Å²) in [4.78, 5) is 25.9. The van der Waals surface area contributed by atoms with Gasteiger partial charge < -0.3 is 16.0 Å². The van der Waals surface area contributed by atoms with Gasteiger partial charge in [0.2, 0.25) is 11.8 Å². The van der Waals surface area contributed by atoms with Crippen LogP contribution in [0.15, 0.2) is 0 Å². The normalized spacial score (nSPS) is 27.3. The van der Waals surface area contributed by atoms with Crippen molar-refractivity contribution >= 4 is 11.8 Å². The minimum absolute atomic E-state index is 0.0425. The van der Waals surface area contributed by atoms with Crippen LogP contribution in [0, 0.1) is 5.92 Å². The van der Waals surface area contributed by atoms with Crippen molar-refractivity contribution in [3.05, 3.63) is 0 Å². The predicted molar refractivity (Wildman–Crippen MR) is 82.5 cm³/mol. The zero-order valence-electron chi connectivity index (χ0n) is 13.5. The summed E-state index contributed by atoms with van der Waals surface area (Å²) < 4.78 is 0. The predicted octanol–water partition coefficient (Wildman–Crippen LogP) is 1.41. The molecule has 0 bridgehead atoms. The Balaban J connectivity index is 1.80. The quantitative estimate of drug-likeness (QED) is 0.805. The van der Waals surface area contributed by atoms with Crippen LogP contribution >= 0.6 is 0 Å². The third-order valence-corrected chi connectivity index (χ3v) is 4.76. The molecule has 2 saturated carbocycles. The van der Waals surface area contributed by atoms with Gasteiger partial charge in [-0.25, -0.2) is 0 Å². The summed E-state index contributed by atoms with van der Waals surface area (Å²) in [6.45, 7) is 5.59. The molecule has 2 fully saturated rings.